The SMILES string of the molecule is CC(Cc1ccc(F)cc1)NCc1ccc(C#N)cc1. The molecule has 0 spiro atoms. The van der Waals surface area contributed by atoms with Gasteiger partial charge in [-0.25, -0.2) is 4.39 Å². The largest absolute Gasteiger partial charge is 0.310 e. The molecule has 1 atom stereocenters. The number of rotatable bonds is 5. The van der Waals surface area contributed by atoms with E-state index in [1.807, 2.05) is 36.4 Å². The fourth-order valence-corrected chi connectivity index (χ4v) is 2.04. The third kappa shape index (κ3) is 4.18. The van der Waals surface area contributed by atoms with Gasteiger partial charge in [-0.05, 0) is 48.7 Å². The molecule has 0 fully saturated rings. The normalized spacial score (nSPS) is 11.8. The fourth-order valence-electron chi connectivity index (χ4n) is 2.04. The summed E-state index contributed by atoms with van der Waals surface area (Å²) in [4.78, 5) is 0. The molecule has 3 heteroatoms. The van der Waals surface area contributed by atoms with Crippen molar-refractivity contribution in [1.29, 1.82) is 5.26 Å². The zero-order chi connectivity index (χ0) is 14.4. The van der Waals surface area contributed by atoms with Crippen molar-refractivity contribution in [2.75, 3.05) is 0 Å². The van der Waals surface area contributed by atoms with Crippen LogP contribution in [0.1, 0.15) is 23.6 Å². The van der Waals surface area contributed by atoms with Crippen molar-refractivity contribution in [2.24, 2.45) is 0 Å². The monoisotopic (exact) mass is 268 g/mol. The summed E-state index contributed by atoms with van der Waals surface area (Å²) in [6.45, 7) is 2.86. The van der Waals surface area contributed by atoms with E-state index in [0.717, 1.165) is 24.1 Å². The van der Waals surface area contributed by atoms with Crippen LogP contribution in [0.15, 0.2) is 48.5 Å². The van der Waals surface area contributed by atoms with Gasteiger partial charge >= 0.3 is 0 Å². The van der Waals surface area contributed by atoms with Crippen LogP contribution in [0.5, 0.6) is 0 Å². The summed E-state index contributed by atoms with van der Waals surface area (Å²) in [5.74, 6) is -0.202. The van der Waals surface area contributed by atoms with Crippen molar-refractivity contribution >= 4 is 0 Å². The molecular formula is C17H17FN2. The number of nitriles is 1. The Morgan fingerprint density at radius 3 is 2.25 bits per heavy atom. The molecule has 102 valence electrons. The van der Waals surface area contributed by atoms with Gasteiger partial charge in [0.1, 0.15) is 5.82 Å². The minimum absolute atomic E-state index is 0.202. The average molecular weight is 268 g/mol. The maximum Gasteiger partial charge on any atom is 0.123 e. The van der Waals surface area contributed by atoms with Gasteiger partial charge in [0.05, 0.1) is 11.6 Å². The van der Waals surface area contributed by atoms with E-state index in [2.05, 4.69) is 18.3 Å². The quantitative estimate of drug-likeness (QED) is 0.902. The Morgan fingerprint density at radius 1 is 1.05 bits per heavy atom. The molecule has 0 saturated carbocycles. The first-order valence-corrected chi connectivity index (χ1v) is 6.64. The van der Waals surface area contributed by atoms with Gasteiger partial charge in [-0.1, -0.05) is 24.3 Å². The van der Waals surface area contributed by atoms with Gasteiger partial charge in [0.15, 0.2) is 0 Å². The third-order valence-corrected chi connectivity index (χ3v) is 3.19. The molecule has 0 saturated heterocycles. The molecule has 20 heavy (non-hydrogen) atoms. The fraction of sp³-hybridized carbons (Fsp3) is 0.235. The summed E-state index contributed by atoms with van der Waals surface area (Å²) in [5, 5.41) is 12.2. The minimum Gasteiger partial charge on any atom is -0.310 e. The molecular weight excluding hydrogens is 251 g/mol. The van der Waals surface area contributed by atoms with E-state index in [0.29, 0.717) is 11.6 Å². The number of hydrogen-bond acceptors (Lipinski definition) is 2. The van der Waals surface area contributed by atoms with Gasteiger partial charge in [0, 0.05) is 12.6 Å². The predicted molar refractivity (Wildman–Crippen MR) is 77.6 cm³/mol. The Hall–Kier alpha value is -2.18. The van der Waals surface area contributed by atoms with Crippen molar-refractivity contribution in [3.63, 3.8) is 0 Å². The maximum atomic E-state index is 12.8. The number of hydrogen-bond donors (Lipinski definition) is 1. The lowest BCUT2D eigenvalue weighted by Gasteiger charge is -2.14. The highest BCUT2D eigenvalue weighted by molar-refractivity contribution is 5.31. The van der Waals surface area contributed by atoms with E-state index in [1.54, 1.807) is 0 Å². The average Bonchev–Trinajstić information content (AvgIpc) is 2.48. The number of nitrogens with zero attached hydrogens (tertiary/aromatic N) is 1. The second-order valence-corrected chi connectivity index (χ2v) is 4.92. The van der Waals surface area contributed by atoms with Gasteiger partial charge in [0.25, 0.3) is 0 Å². The first-order chi connectivity index (χ1) is 9.67. The molecule has 2 aromatic carbocycles. The van der Waals surface area contributed by atoms with Crippen molar-refractivity contribution < 1.29 is 4.39 Å². The zero-order valence-corrected chi connectivity index (χ0v) is 11.4. The van der Waals surface area contributed by atoms with E-state index < -0.39 is 0 Å². The summed E-state index contributed by atoms with van der Waals surface area (Å²) in [6, 6.07) is 16.6. The summed E-state index contributed by atoms with van der Waals surface area (Å²) in [7, 11) is 0. The zero-order valence-electron chi connectivity index (χ0n) is 11.4. The first kappa shape index (κ1) is 14.2. The summed E-state index contributed by atoms with van der Waals surface area (Å²) in [5.41, 5.74) is 2.94. The molecule has 0 aliphatic carbocycles. The van der Waals surface area contributed by atoms with E-state index >= 15 is 0 Å². The molecule has 1 N–H and O–H groups in total. The Bertz CT molecular complexity index is 582. The van der Waals surface area contributed by atoms with Crippen molar-refractivity contribution in [2.45, 2.75) is 25.9 Å². The van der Waals surface area contributed by atoms with Gasteiger partial charge < -0.3 is 5.32 Å². The van der Waals surface area contributed by atoms with Crippen LogP contribution < -0.4 is 5.32 Å². The first-order valence-electron chi connectivity index (χ1n) is 6.64. The molecule has 0 aliphatic heterocycles. The number of benzene rings is 2. The van der Waals surface area contributed by atoms with Crippen molar-refractivity contribution in [3.8, 4) is 6.07 Å². The van der Waals surface area contributed by atoms with E-state index in [9.17, 15) is 4.39 Å². The van der Waals surface area contributed by atoms with E-state index in [1.165, 1.54) is 12.1 Å². The molecule has 2 rings (SSSR count). The smallest absolute Gasteiger partial charge is 0.123 e. The van der Waals surface area contributed by atoms with Crippen molar-refractivity contribution in [1.82, 2.24) is 5.32 Å². The van der Waals surface area contributed by atoms with Crippen LogP contribution in [0.2, 0.25) is 0 Å². The Kier molecular flexibility index (Phi) is 4.86. The Balaban J connectivity index is 1.83. The van der Waals surface area contributed by atoms with Crippen molar-refractivity contribution in [3.05, 3.63) is 71.0 Å². The molecule has 2 aromatic rings. The Labute approximate surface area is 118 Å². The number of nitrogens with one attached hydrogen (secondary N) is 1. The summed E-state index contributed by atoms with van der Waals surface area (Å²) >= 11 is 0. The van der Waals surface area contributed by atoms with E-state index in [4.69, 9.17) is 5.26 Å². The van der Waals surface area contributed by atoms with Crippen LogP contribution in [0.25, 0.3) is 0 Å². The molecule has 0 bridgehead atoms. The van der Waals surface area contributed by atoms with Gasteiger partial charge in [-0.15, -0.1) is 0 Å². The van der Waals surface area contributed by atoms with Gasteiger partial charge in [-0.2, -0.15) is 5.26 Å². The number of halogens is 1. The predicted octanol–water partition coefficient (Wildman–Crippen LogP) is 3.42. The summed E-state index contributed by atoms with van der Waals surface area (Å²) < 4.78 is 12.8. The van der Waals surface area contributed by atoms with Gasteiger partial charge in [0.2, 0.25) is 0 Å². The second kappa shape index (κ2) is 6.83. The highest BCUT2D eigenvalue weighted by Gasteiger charge is 2.03. The molecule has 0 amide bonds. The Morgan fingerprint density at radius 2 is 1.65 bits per heavy atom. The topological polar surface area (TPSA) is 35.8 Å². The highest BCUT2D eigenvalue weighted by Crippen LogP contribution is 2.07. The molecule has 0 aromatic heterocycles. The lowest BCUT2D eigenvalue weighted by atomic mass is 10.1. The standard InChI is InChI=1S/C17H17FN2/c1-13(10-14-6-8-17(18)9-7-14)20-12-16-4-2-15(11-19)3-5-16/h2-9,13,20H,10,12H2,1H3. The highest BCUT2D eigenvalue weighted by atomic mass is 19.1. The summed E-state index contributed by atoms with van der Waals surface area (Å²) in [6.07, 6.45) is 0.858. The van der Waals surface area contributed by atoms with Crippen LogP contribution >= 0.6 is 0 Å². The van der Waals surface area contributed by atoms with Crippen LogP contribution in [0, 0.1) is 17.1 Å². The molecule has 0 aliphatic rings. The van der Waals surface area contributed by atoms with Crippen LogP contribution in [-0.4, -0.2) is 6.04 Å². The van der Waals surface area contributed by atoms with Crippen LogP contribution in [-0.2, 0) is 13.0 Å². The molecule has 0 heterocycles. The third-order valence-electron chi connectivity index (χ3n) is 3.19. The minimum atomic E-state index is -0.202. The lowest BCUT2D eigenvalue weighted by molar-refractivity contribution is 0.544. The van der Waals surface area contributed by atoms with Crippen LogP contribution in [0.4, 0.5) is 4.39 Å². The van der Waals surface area contributed by atoms with Gasteiger partial charge in [-0.3, -0.25) is 0 Å². The second-order valence-electron chi connectivity index (χ2n) is 4.92. The maximum absolute atomic E-state index is 12.8. The lowest BCUT2D eigenvalue weighted by Crippen LogP contribution is -2.27. The molecule has 2 nitrogen and oxygen atoms in total. The van der Waals surface area contributed by atoms with E-state index in [-0.39, 0.29) is 5.82 Å². The molecule has 0 radical (unpaired) electrons. The van der Waals surface area contributed by atoms with Crippen LogP contribution in [0.3, 0.4) is 0 Å². The molecule has 1 unspecified atom stereocenters.